The summed E-state index contributed by atoms with van der Waals surface area (Å²) in [6, 6.07) is 18.2. The maximum absolute atomic E-state index is 13.7. The molecule has 0 unspecified atom stereocenters. The summed E-state index contributed by atoms with van der Waals surface area (Å²) in [6.07, 6.45) is 0.510. The van der Waals surface area contributed by atoms with Gasteiger partial charge in [0.2, 0.25) is 0 Å². The molecule has 4 aromatic heterocycles. The Balaban J connectivity index is 0.000000194. The topological polar surface area (TPSA) is 191 Å². The predicted octanol–water partition coefficient (Wildman–Crippen LogP) is 12.1. The monoisotopic (exact) mass is 986 g/mol. The van der Waals surface area contributed by atoms with E-state index in [1.807, 2.05) is 36.4 Å². The molecular weight excluding hydrogens is 932 g/mol. The number of hydrogen-bond donors (Lipinski definition) is 0. The van der Waals surface area contributed by atoms with Gasteiger partial charge in [-0.05, 0) is 107 Å². The first-order chi connectivity index (χ1) is 33.0. The van der Waals surface area contributed by atoms with Crippen molar-refractivity contribution in [1.82, 2.24) is 28.9 Å². The van der Waals surface area contributed by atoms with Gasteiger partial charge in [0.15, 0.2) is 0 Å². The molecule has 0 radical (unpaired) electrons. The molecule has 0 atom stereocenters. The van der Waals surface area contributed by atoms with Crippen LogP contribution in [0.5, 0.6) is 5.75 Å². The Bertz CT molecular complexity index is 3400. The van der Waals surface area contributed by atoms with Crippen molar-refractivity contribution in [3.8, 4) is 17.0 Å². The second kappa shape index (κ2) is 17.7. The molecule has 370 valence electrons. The summed E-state index contributed by atoms with van der Waals surface area (Å²) in [5.74, 6) is -0.356. The number of ether oxygens (including phenoxy) is 5. The van der Waals surface area contributed by atoms with Gasteiger partial charge < -0.3 is 23.7 Å². The molecule has 0 saturated heterocycles. The van der Waals surface area contributed by atoms with Crippen molar-refractivity contribution in [3.05, 3.63) is 101 Å². The van der Waals surface area contributed by atoms with E-state index in [0.717, 1.165) is 31.5 Å². The number of imide groups is 2. The molecule has 0 saturated carbocycles. The molecule has 17 nitrogen and oxygen atoms in total. The van der Waals surface area contributed by atoms with Crippen LogP contribution in [0.15, 0.2) is 73.1 Å². The lowest BCUT2D eigenvalue weighted by atomic mass is 10.0. The fourth-order valence-corrected chi connectivity index (χ4v) is 8.60. The lowest BCUT2D eigenvalue weighted by molar-refractivity contribution is 0.0227. The minimum Gasteiger partial charge on any atom is -0.497 e. The van der Waals surface area contributed by atoms with Gasteiger partial charge in [0.05, 0.1) is 59.4 Å². The second-order valence-electron chi connectivity index (χ2n) is 21.2. The molecule has 0 bridgehead atoms. The molecular formula is C53H55ClN6O11. The molecule has 2 aliphatic heterocycles. The van der Waals surface area contributed by atoms with Crippen LogP contribution in [0.1, 0.15) is 115 Å². The van der Waals surface area contributed by atoms with Crippen LogP contribution in [0.4, 0.5) is 19.2 Å². The molecule has 18 heteroatoms. The van der Waals surface area contributed by atoms with Crippen molar-refractivity contribution in [1.29, 1.82) is 0 Å². The lowest BCUT2D eigenvalue weighted by Crippen LogP contribution is -2.37. The average molecular weight is 988 g/mol. The van der Waals surface area contributed by atoms with Gasteiger partial charge in [0, 0.05) is 50.3 Å². The molecule has 9 rings (SSSR count). The number of aromatic nitrogens is 4. The number of methoxy groups -OCH3 is 1. The third-order valence-electron chi connectivity index (χ3n) is 11.1. The van der Waals surface area contributed by atoms with Crippen LogP contribution in [0.3, 0.4) is 0 Å². The fourth-order valence-electron chi connectivity index (χ4n) is 8.44. The van der Waals surface area contributed by atoms with E-state index in [1.54, 1.807) is 127 Å². The summed E-state index contributed by atoms with van der Waals surface area (Å²) in [5, 5.41) is 4.23. The first-order valence-electron chi connectivity index (χ1n) is 22.8. The first kappa shape index (κ1) is 49.9. The molecule has 7 aromatic rings. The van der Waals surface area contributed by atoms with E-state index in [9.17, 15) is 28.8 Å². The van der Waals surface area contributed by atoms with Crippen molar-refractivity contribution >= 4 is 91.1 Å². The van der Waals surface area contributed by atoms with Crippen LogP contribution in [0.2, 0.25) is 5.15 Å². The third kappa shape index (κ3) is 9.83. The SMILES string of the molecule is CC(C)(C)OC(=O)N1Cc2c(c3ccc4cnc(Cl)cc4c3n2C(=O)OC(C)(C)C)C1=O.COc1cccc(-c2cc3c(ccc4c5c(n(C(=O)OC(C)(C)C)c43)CN(C(=O)OC(C)(C)C)C5=O)cn2)c1. The molecule has 0 aliphatic carbocycles. The molecule has 0 N–H and O–H groups in total. The Labute approximate surface area is 414 Å². The maximum atomic E-state index is 13.7. The standard InChI is InChI=1S/C30H31N3O6.C23H24ClN3O5/c1-29(2,3)38-27(35)32-16-23-24(26(32)34)20-12-11-18-15-31-22(17-9-8-10-19(13-17)37-7)14-21(18)25(20)33(23)28(36)39-30(4,5)6;1-22(2,3)31-20(29)26-11-15-17(19(26)28)13-8-7-12-10-25-16(24)9-14(12)18(13)27(15)21(30)32-23(4,5)6/h8-15H,16H2,1-7H3;7-10H,11H2,1-6H3. The number of hydrogen-bond acceptors (Lipinski definition) is 13. The van der Waals surface area contributed by atoms with Crippen LogP contribution >= 0.6 is 11.6 Å². The quantitative estimate of drug-likeness (QED) is 0.118. The average Bonchev–Trinajstić information content (AvgIpc) is 3.98. The Morgan fingerprint density at radius 2 is 0.958 bits per heavy atom. The van der Waals surface area contributed by atoms with Crippen molar-refractivity contribution < 1.29 is 52.5 Å². The van der Waals surface area contributed by atoms with Gasteiger partial charge in [-0.2, -0.15) is 0 Å². The van der Waals surface area contributed by atoms with Gasteiger partial charge in [-0.3, -0.25) is 14.6 Å². The Hall–Kier alpha value is -7.53. The number of fused-ring (bicyclic) bond motifs is 10. The number of carbonyl (C=O) groups is 6. The zero-order valence-corrected chi connectivity index (χ0v) is 42.7. The van der Waals surface area contributed by atoms with Crippen LogP contribution in [0.25, 0.3) is 54.6 Å². The van der Waals surface area contributed by atoms with E-state index in [0.29, 0.717) is 50.0 Å². The van der Waals surface area contributed by atoms with E-state index in [1.165, 1.54) is 9.13 Å². The molecule has 6 heterocycles. The summed E-state index contributed by atoms with van der Waals surface area (Å²) in [5.41, 5.74) is 0.710. The third-order valence-corrected chi connectivity index (χ3v) is 11.3. The van der Waals surface area contributed by atoms with Gasteiger partial charge in [-0.15, -0.1) is 0 Å². The fraction of sp³-hybridized carbons (Fsp3) is 0.358. The van der Waals surface area contributed by atoms with Crippen LogP contribution in [0, 0.1) is 0 Å². The Kier molecular flexibility index (Phi) is 12.4. The molecule has 2 aliphatic rings. The normalized spacial score (nSPS) is 13.9. The summed E-state index contributed by atoms with van der Waals surface area (Å²) in [4.78, 5) is 90.1. The number of halogens is 1. The number of rotatable bonds is 2. The number of carbonyl (C=O) groups excluding carboxylic acids is 6. The van der Waals surface area contributed by atoms with Gasteiger partial charge in [-0.25, -0.2) is 43.1 Å². The van der Waals surface area contributed by atoms with E-state index < -0.39 is 58.6 Å². The van der Waals surface area contributed by atoms with Crippen molar-refractivity contribution in [2.45, 2.75) is 119 Å². The van der Waals surface area contributed by atoms with Crippen LogP contribution < -0.4 is 4.74 Å². The van der Waals surface area contributed by atoms with Gasteiger partial charge >= 0.3 is 24.4 Å². The van der Waals surface area contributed by atoms with Crippen LogP contribution in [-0.4, -0.2) is 94.6 Å². The highest BCUT2D eigenvalue weighted by Gasteiger charge is 2.43. The van der Waals surface area contributed by atoms with Gasteiger partial charge in [-0.1, -0.05) is 48.0 Å². The Morgan fingerprint density at radius 1 is 0.535 bits per heavy atom. The minimum atomic E-state index is -0.786. The molecule has 71 heavy (non-hydrogen) atoms. The summed E-state index contributed by atoms with van der Waals surface area (Å²) >= 11 is 6.13. The van der Waals surface area contributed by atoms with Crippen molar-refractivity contribution in [2.75, 3.05) is 7.11 Å². The molecule has 3 aromatic carbocycles. The highest BCUT2D eigenvalue weighted by atomic mass is 35.5. The predicted molar refractivity (Wildman–Crippen MR) is 267 cm³/mol. The van der Waals surface area contributed by atoms with Gasteiger partial charge in [0.1, 0.15) is 33.3 Å². The first-order valence-corrected chi connectivity index (χ1v) is 23.2. The largest absolute Gasteiger partial charge is 0.497 e. The lowest BCUT2D eigenvalue weighted by Gasteiger charge is -2.24. The molecule has 0 fully saturated rings. The van der Waals surface area contributed by atoms with Crippen molar-refractivity contribution in [3.63, 3.8) is 0 Å². The summed E-state index contributed by atoms with van der Waals surface area (Å²) < 4.78 is 30.4. The second-order valence-corrected chi connectivity index (χ2v) is 21.6. The molecule has 4 amide bonds. The Morgan fingerprint density at radius 3 is 1.39 bits per heavy atom. The highest BCUT2D eigenvalue weighted by Crippen LogP contribution is 2.41. The minimum absolute atomic E-state index is 0.114. The zero-order chi connectivity index (χ0) is 51.9. The van der Waals surface area contributed by atoms with E-state index in [-0.39, 0.29) is 29.4 Å². The zero-order valence-electron chi connectivity index (χ0n) is 41.9. The van der Waals surface area contributed by atoms with E-state index >= 15 is 0 Å². The number of benzene rings is 3. The summed E-state index contributed by atoms with van der Waals surface area (Å²) in [7, 11) is 1.60. The van der Waals surface area contributed by atoms with Crippen LogP contribution in [-0.2, 0) is 32.0 Å². The summed E-state index contributed by atoms with van der Waals surface area (Å²) in [6.45, 7) is 20.7. The van der Waals surface area contributed by atoms with Crippen molar-refractivity contribution in [2.24, 2.45) is 0 Å². The van der Waals surface area contributed by atoms with E-state index in [4.69, 9.17) is 35.3 Å². The number of pyridine rings is 2. The smallest absolute Gasteiger partial charge is 0.419 e. The maximum Gasteiger partial charge on any atom is 0.419 e. The number of amides is 4. The molecule has 0 spiro atoms. The highest BCUT2D eigenvalue weighted by molar-refractivity contribution is 6.31. The van der Waals surface area contributed by atoms with E-state index in [2.05, 4.69) is 9.97 Å². The number of nitrogens with zero attached hydrogens (tertiary/aromatic N) is 6. The van der Waals surface area contributed by atoms with Gasteiger partial charge in [0.25, 0.3) is 11.8 Å².